The van der Waals surface area contributed by atoms with Crippen LogP contribution in [0.1, 0.15) is 309 Å². The molecule has 0 radical (unpaired) electrons. The van der Waals surface area contributed by atoms with E-state index in [0.717, 1.165) is 38.5 Å². The molecule has 0 aromatic carbocycles. The minimum absolute atomic E-state index is 0.0777. The van der Waals surface area contributed by atoms with Crippen molar-refractivity contribution in [2.45, 2.75) is 321 Å². The second-order valence-electron chi connectivity index (χ2n) is 22.1. The van der Waals surface area contributed by atoms with Crippen LogP contribution in [0.15, 0.2) is 12.2 Å². The fraction of sp³-hybridized carbons (Fsp3) is 0.949. The zero-order valence-corrected chi connectivity index (χ0v) is 47.3. The van der Waals surface area contributed by atoms with Gasteiger partial charge in [-0.2, -0.15) is 0 Å². The first-order chi connectivity index (χ1) is 33.0. The molecule has 0 saturated heterocycles. The number of nitrogens with zero attached hydrogens (tertiary/aromatic N) is 1. The Kier molecular flexibility index (Phi) is 50.6. The third-order valence-electron chi connectivity index (χ3n) is 14.0. The Labute approximate surface area is 424 Å². The van der Waals surface area contributed by atoms with Gasteiger partial charge in [0.2, 0.25) is 5.91 Å². The molecule has 9 heteroatoms. The summed E-state index contributed by atoms with van der Waals surface area (Å²) in [6.45, 7) is 4.93. The third-order valence-corrected chi connectivity index (χ3v) is 15.0. The number of phosphoric ester groups is 1. The van der Waals surface area contributed by atoms with Crippen molar-refractivity contribution < 1.29 is 32.9 Å². The van der Waals surface area contributed by atoms with Gasteiger partial charge >= 0.3 is 7.82 Å². The highest BCUT2D eigenvalue weighted by atomic mass is 31.2. The Morgan fingerprint density at radius 2 is 0.794 bits per heavy atom. The molecule has 0 heterocycles. The van der Waals surface area contributed by atoms with Gasteiger partial charge in [0.15, 0.2) is 0 Å². The van der Waals surface area contributed by atoms with Crippen LogP contribution in [-0.2, 0) is 18.4 Å². The lowest BCUT2D eigenvalue weighted by Crippen LogP contribution is -2.46. The Morgan fingerprint density at radius 3 is 1.13 bits per heavy atom. The molecular weight excluding hydrogens is 864 g/mol. The lowest BCUT2D eigenvalue weighted by atomic mass is 10.0. The van der Waals surface area contributed by atoms with E-state index in [1.807, 2.05) is 21.1 Å². The number of rotatable bonds is 56. The van der Waals surface area contributed by atoms with E-state index in [1.165, 1.54) is 244 Å². The molecule has 0 aliphatic heterocycles. The summed E-state index contributed by atoms with van der Waals surface area (Å²) in [6, 6.07) is -0.756. The molecule has 0 spiro atoms. The van der Waals surface area contributed by atoms with E-state index in [9.17, 15) is 19.4 Å². The zero-order valence-electron chi connectivity index (χ0n) is 46.4. The SMILES string of the molecule is CCCCCCCCCCCCCC/C=C\CCCCCCCCCCCCCCCCCCCC(=O)NC(COP(=O)(O)OCC[N+](C)(C)C)C(O)CCCCCCCCCCCCCCC. The molecule has 1 amide bonds. The van der Waals surface area contributed by atoms with Crippen LogP contribution >= 0.6 is 7.82 Å². The van der Waals surface area contributed by atoms with Gasteiger partial charge in [-0.05, 0) is 38.5 Å². The summed E-state index contributed by atoms with van der Waals surface area (Å²) in [7, 11) is 1.63. The Hall–Kier alpha value is -0.760. The van der Waals surface area contributed by atoms with Gasteiger partial charge in [0.05, 0.1) is 39.9 Å². The highest BCUT2D eigenvalue weighted by molar-refractivity contribution is 7.47. The summed E-state index contributed by atoms with van der Waals surface area (Å²) in [5.41, 5.74) is 0. The predicted octanol–water partition coefficient (Wildman–Crippen LogP) is 18.2. The van der Waals surface area contributed by atoms with Gasteiger partial charge < -0.3 is 19.8 Å². The van der Waals surface area contributed by atoms with E-state index in [2.05, 4.69) is 31.3 Å². The second-order valence-corrected chi connectivity index (χ2v) is 23.5. The predicted molar refractivity (Wildman–Crippen MR) is 295 cm³/mol. The number of hydrogen-bond donors (Lipinski definition) is 3. The van der Waals surface area contributed by atoms with Gasteiger partial charge in [-0.3, -0.25) is 13.8 Å². The number of carbonyl (C=O) groups is 1. The van der Waals surface area contributed by atoms with Crippen LogP contribution in [0.3, 0.4) is 0 Å². The fourth-order valence-corrected chi connectivity index (χ4v) is 10.0. The third kappa shape index (κ3) is 53.0. The molecule has 3 N–H and O–H groups in total. The van der Waals surface area contributed by atoms with E-state index < -0.39 is 20.0 Å². The number of allylic oxidation sites excluding steroid dienone is 2. The van der Waals surface area contributed by atoms with Crippen LogP contribution in [-0.4, -0.2) is 73.4 Å². The largest absolute Gasteiger partial charge is 0.472 e. The maximum Gasteiger partial charge on any atom is 0.472 e. The van der Waals surface area contributed by atoms with Crippen LogP contribution in [0, 0.1) is 0 Å². The summed E-state index contributed by atoms with van der Waals surface area (Å²) in [4.78, 5) is 23.3. The normalized spacial score (nSPS) is 13.9. The Balaban J connectivity index is 3.94. The number of likely N-dealkylation sites (N-methyl/N-ethyl adjacent to an activating group) is 1. The van der Waals surface area contributed by atoms with Crippen molar-refractivity contribution in [2.75, 3.05) is 40.9 Å². The van der Waals surface area contributed by atoms with Crippen molar-refractivity contribution in [1.29, 1.82) is 0 Å². The number of nitrogens with one attached hydrogen (secondary N) is 1. The number of phosphoric acid groups is 1. The number of carbonyl (C=O) groups excluding carboxylic acids is 1. The highest BCUT2D eigenvalue weighted by Crippen LogP contribution is 2.43. The topological polar surface area (TPSA) is 105 Å². The molecule has 8 nitrogen and oxygen atoms in total. The lowest BCUT2D eigenvalue weighted by molar-refractivity contribution is -0.870. The lowest BCUT2D eigenvalue weighted by Gasteiger charge is -2.26. The number of amides is 1. The van der Waals surface area contributed by atoms with Gasteiger partial charge in [0, 0.05) is 6.42 Å². The fourth-order valence-electron chi connectivity index (χ4n) is 9.28. The quantitative estimate of drug-likeness (QED) is 0.0243. The van der Waals surface area contributed by atoms with E-state index in [4.69, 9.17) is 9.05 Å². The Bertz CT molecular complexity index is 1120. The molecule has 3 unspecified atom stereocenters. The molecule has 0 aliphatic rings. The zero-order chi connectivity index (χ0) is 49.9. The molecule has 406 valence electrons. The van der Waals surface area contributed by atoms with Crippen LogP contribution in [0.4, 0.5) is 0 Å². The number of aliphatic hydroxyl groups is 1. The van der Waals surface area contributed by atoms with Crippen molar-refractivity contribution in [3.8, 4) is 0 Å². The van der Waals surface area contributed by atoms with Crippen molar-refractivity contribution in [3.63, 3.8) is 0 Å². The molecule has 0 aromatic heterocycles. The molecule has 68 heavy (non-hydrogen) atoms. The number of quaternary nitrogens is 1. The van der Waals surface area contributed by atoms with Crippen LogP contribution in [0.2, 0.25) is 0 Å². The maximum absolute atomic E-state index is 13.0. The number of hydrogen-bond acceptors (Lipinski definition) is 5. The standard InChI is InChI=1S/C59H119N2O6P/c1-6-8-10-12-14-16-18-20-21-22-23-24-25-26-27-28-29-30-31-32-33-34-35-36-37-38-39-41-43-45-47-49-51-53-59(63)60-57(56-67-68(64,65)66-55-54-61(3,4)5)58(62)52-50-48-46-44-42-40-19-17-15-13-11-9-7-2/h26-27,57-58,62H,6-25,28-56H2,1-5H3,(H-,60,63,64,65)/p+1/b27-26-. The van der Waals surface area contributed by atoms with Crippen LogP contribution < -0.4 is 5.32 Å². The average Bonchev–Trinajstić information content (AvgIpc) is 3.30. The first-order valence-corrected chi connectivity index (χ1v) is 31.5. The van der Waals surface area contributed by atoms with Crippen LogP contribution in [0.25, 0.3) is 0 Å². The maximum atomic E-state index is 13.0. The van der Waals surface area contributed by atoms with Crippen molar-refractivity contribution in [2.24, 2.45) is 0 Å². The van der Waals surface area contributed by atoms with Gasteiger partial charge in [0.1, 0.15) is 13.2 Å². The molecule has 0 saturated carbocycles. The summed E-state index contributed by atoms with van der Waals surface area (Å²) >= 11 is 0. The molecule has 0 aromatic rings. The highest BCUT2D eigenvalue weighted by Gasteiger charge is 2.28. The number of unbranched alkanes of at least 4 members (excludes halogenated alkanes) is 41. The van der Waals surface area contributed by atoms with Gasteiger partial charge in [-0.25, -0.2) is 4.57 Å². The second kappa shape index (κ2) is 51.2. The van der Waals surface area contributed by atoms with Crippen molar-refractivity contribution in [3.05, 3.63) is 12.2 Å². The van der Waals surface area contributed by atoms with E-state index >= 15 is 0 Å². The van der Waals surface area contributed by atoms with E-state index in [0.29, 0.717) is 23.9 Å². The smallest absolute Gasteiger partial charge is 0.391 e. The van der Waals surface area contributed by atoms with Gasteiger partial charge in [-0.15, -0.1) is 0 Å². The summed E-state index contributed by atoms with van der Waals surface area (Å²) in [5, 5.41) is 14.0. The molecule has 0 fully saturated rings. The average molecular weight is 985 g/mol. The molecule has 0 aliphatic carbocycles. The van der Waals surface area contributed by atoms with Crippen molar-refractivity contribution >= 4 is 13.7 Å². The minimum atomic E-state index is -4.32. The van der Waals surface area contributed by atoms with Gasteiger partial charge in [0.25, 0.3) is 0 Å². The first-order valence-electron chi connectivity index (χ1n) is 30.1. The minimum Gasteiger partial charge on any atom is -0.391 e. The van der Waals surface area contributed by atoms with Crippen molar-refractivity contribution in [1.82, 2.24) is 5.32 Å². The molecular formula is C59H120N2O6P+. The molecule has 0 bridgehead atoms. The molecule has 3 atom stereocenters. The monoisotopic (exact) mass is 984 g/mol. The van der Waals surface area contributed by atoms with E-state index in [-0.39, 0.29) is 19.1 Å². The number of aliphatic hydroxyl groups excluding tert-OH is 1. The summed E-state index contributed by atoms with van der Waals surface area (Å²) < 4.78 is 23.7. The van der Waals surface area contributed by atoms with Gasteiger partial charge in [-0.1, -0.05) is 276 Å². The van der Waals surface area contributed by atoms with Crippen LogP contribution in [0.5, 0.6) is 0 Å². The first kappa shape index (κ1) is 67.2. The summed E-state index contributed by atoms with van der Waals surface area (Å²) in [6.07, 6.45) is 62.9. The summed E-state index contributed by atoms with van der Waals surface area (Å²) in [5.74, 6) is -0.139. The molecule has 0 rings (SSSR count). The Morgan fingerprint density at radius 1 is 0.485 bits per heavy atom. The van der Waals surface area contributed by atoms with E-state index in [1.54, 1.807) is 0 Å².